The van der Waals surface area contributed by atoms with E-state index in [1.807, 2.05) is 0 Å². The molecule has 4 nitrogen and oxygen atoms in total. The second kappa shape index (κ2) is 6.21. The molecule has 92 valence electrons. The third-order valence-corrected chi connectivity index (χ3v) is 3.51. The molecule has 0 aromatic rings. The number of amides is 1. The van der Waals surface area contributed by atoms with E-state index in [-0.39, 0.29) is 11.8 Å². The van der Waals surface area contributed by atoms with Crippen molar-refractivity contribution in [2.45, 2.75) is 38.1 Å². The molecule has 0 saturated carbocycles. The minimum absolute atomic E-state index is 0.185. The highest BCUT2D eigenvalue weighted by molar-refractivity contribution is 5.79. The molecule has 0 aliphatic carbocycles. The Bertz CT molecular complexity index is 219. The number of ether oxygens (including phenoxy) is 1. The van der Waals surface area contributed by atoms with Crippen LogP contribution in [0.5, 0.6) is 0 Å². The second-order valence-corrected chi connectivity index (χ2v) is 4.77. The summed E-state index contributed by atoms with van der Waals surface area (Å²) in [6, 6.07) is 0.380. The van der Waals surface area contributed by atoms with E-state index in [0.29, 0.717) is 6.04 Å². The molecular formula is C12H22N2O2. The molecule has 16 heavy (non-hydrogen) atoms. The quantitative estimate of drug-likeness (QED) is 0.727. The molecule has 0 aromatic carbocycles. The van der Waals surface area contributed by atoms with E-state index in [0.717, 1.165) is 52.0 Å². The molecule has 1 unspecified atom stereocenters. The summed E-state index contributed by atoms with van der Waals surface area (Å²) in [4.78, 5) is 12.0. The Morgan fingerprint density at radius 2 is 1.94 bits per heavy atom. The van der Waals surface area contributed by atoms with Crippen LogP contribution in [0.25, 0.3) is 0 Å². The van der Waals surface area contributed by atoms with Crippen molar-refractivity contribution in [3.05, 3.63) is 0 Å². The molecule has 2 rings (SSSR count). The van der Waals surface area contributed by atoms with Crippen LogP contribution in [0.2, 0.25) is 0 Å². The first-order chi connectivity index (χ1) is 7.86. The Morgan fingerprint density at radius 1 is 1.12 bits per heavy atom. The van der Waals surface area contributed by atoms with Gasteiger partial charge in [-0.25, -0.2) is 0 Å². The van der Waals surface area contributed by atoms with Crippen molar-refractivity contribution in [3.63, 3.8) is 0 Å². The number of nitrogens with one attached hydrogen (secondary N) is 2. The van der Waals surface area contributed by atoms with E-state index in [1.54, 1.807) is 0 Å². The lowest BCUT2D eigenvalue weighted by Crippen LogP contribution is -2.41. The molecule has 1 amide bonds. The Labute approximate surface area is 97.1 Å². The number of carbonyl (C=O) groups excluding carboxylic acids is 1. The molecule has 4 heteroatoms. The number of hydrogen-bond donors (Lipinski definition) is 2. The van der Waals surface area contributed by atoms with Gasteiger partial charge in [-0.2, -0.15) is 0 Å². The van der Waals surface area contributed by atoms with Crippen molar-refractivity contribution in [2.24, 2.45) is 5.92 Å². The summed E-state index contributed by atoms with van der Waals surface area (Å²) in [6.45, 7) is 3.59. The van der Waals surface area contributed by atoms with Crippen LogP contribution in [0, 0.1) is 5.92 Å². The lowest BCUT2D eigenvalue weighted by molar-refractivity contribution is -0.128. The summed E-state index contributed by atoms with van der Waals surface area (Å²) < 4.78 is 5.27. The maximum absolute atomic E-state index is 12.0. The van der Waals surface area contributed by atoms with Gasteiger partial charge in [0.15, 0.2) is 0 Å². The molecular weight excluding hydrogens is 204 g/mol. The molecule has 2 heterocycles. The molecule has 0 bridgehead atoms. The lowest BCUT2D eigenvalue weighted by Gasteiger charge is -2.24. The van der Waals surface area contributed by atoms with E-state index >= 15 is 0 Å². The van der Waals surface area contributed by atoms with Gasteiger partial charge in [0.05, 0.1) is 0 Å². The third-order valence-electron chi connectivity index (χ3n) is 3.51. The van der Waals surface area contributed by atoms with Crippen molar-refractivity contribution < 1.29 is 9.53 Å². The normalized spacial score (nSPS) is 28.4. The fraction of sp³-hybridized carbons (Fsp3) is 0.917. The summed E-state index contributed by atoms with van der Waals surface area (Å²) in [5.74, 6) is 0.431. The first-order valence-corrected chi connectivity index (χ1v) is 6.45. The Hall–Kier alpha value is -0.610. The van der Waals surface area contributed by atoms with Gasteiger partial charge >= 0.3 is 0 Å². The van der Waals surface area contributed by atoms with Crippen molar-refractivity contribution in [1.29, 1.82) is 0 Å². The second-order valence-electron chi connectivity index (χ2n) is 4.77. The zero-order valence-corrected chi connectivity index (χ0v) is 9.84. The van der Waals surface area contributed by atoms with E-state index in [1.165, 1.54) is 6.42 Å². The highest BCUT2D eigenvalue weighted by Gasteiger charge is 2.23. The molecule has 1 atom stereocenters. The Balaban J connectivity index is 1.76. The highest BCUT2D eigenvalue weighted by Crippen LogP contribution is 2.15. The van der Waals surface area contributed by atoms with Gasteiger partial charge in [-0.1, -0.05) is 0 Å². The van der Waals surface area contributed by atoms with Crippen molar-refractivity contribution in [3.8, 4) is 0 Å². The summed E-state index contributed by atoms with van der Waals surface area (Å²) in [5, 5.41) is 6.55. The molecule has 0 radical (unpaired) electrons. The van der Waals surface area contributed by atoms with Crippen LogP contribution in [0.4, 0.5) is 0 Å². The van der Waals surface area contributed by atoms with Crippen LogP contribution in [-0.4, -0.2) is 38.3 Å². The van der Waals surface area contributed by atoms with Crippen LogP contribution < -0.4 is 10.6 Å². The van der Waals surface area contributed by atoms with Crippen LogP contribution in [-0.2, 0) is 9.53 Å². The highest BCUT2D eigenvalue weighted by atomic mass is 16.5. The smallest absolute Gasteiger partial charge is 0.223 e. The van der Waals surface area contributed by atoms with Gasteiger partial charge in [-0.05, 0) is 45.2 Å². The zero-order valence-electron chi connectivity index (χ0n) is 9.84. The minimum atomic E-state index is 0.185. The molecule has 2 N–H and O–H groups in total. The van der Waals surface area contributed by atoms with Gasteiger partial charge in [0.25, 0.3) is 0 Å². The van der Waals surface area contributed by atoms with E-state index in [9.17, 15) is 4.79 Å². The SMILES string of the molecule is O=C(NC1CCCNCC1)C1CCOCC1. The summed E-state index contributed by atoms with van der Waals surface area (Å²) in [7, 11) is 0. The first kappa shape index (κ1) is 11.9. The molecule has 2 fully saturated rings. The topological polar surface area (TPSA) is 50.4 Å². The van der Waals surface area contributed by atoms with Gasteiger partial charge in [0, 0.05) is 25.2 Å². The predicted octanol–water partition coefficient (Wildman–Crippen LogP) is 0.671. The molecule has 2 saturated heterocycles. The van der Waals surface area contributed by atoms with Crippen LogP contribution in [0.15, 0.2) is 0 Å². The van der Waals surface area contributed by atoms with Crippen LogP contribution >= 0.6 is 0 Å². The van der Waals surface area contributed by atoms with E-state index in [2.05, 4.69) is 10.6 Å². The van der Waals surface area contributed by atoms with Crippen LogP contribution in [0.3, 0.4) is 0 Å². The largest absolute Gasteiger partial charge is 0.381 e. The number of hydrogen-bond acceptors (Lipinski definition) is 3. The zero-order chi connectivity index (χ0) is 11.2. The van der Waals surface area contributed by atoms with Gasteiger partial charge in [-0.15, -0.1) is 0 Å². The standard InChI is InChI=1S/C12H22N2O2/c15-12(10-4-8-16-9-5-10)14-11-2-1-6-13-7-3-11/h10-11,13H,1-9H2,(H,14,15). The average Bonchev–Trinajstić information content (AvgIpc) is 2.59. The number of rotatable bonds is 2. The predicted molar refractivity (Wildman–Crippen MR) is 62.2 cm³/mol. The fourth-order valence-electron chi connectivity index (χ4n) is 2.44. The molecule has 0 aromatic heterocycles. The Morgan fingerprint density at radius 3 is 2.75 bits per heavy atom. The maximum atomic E-state index is 12.0. The summed E-state index contributed by atoms with van der Waals surface area (Å²) in [5.41, 5.74) is 0. The fourth-order valence-corrected chi connectivity index (χ4v) is 2.44. The van der Waals surface area contributed by atoms with Crippen molar-refractivity contribution >= 4 is 5.91 Å². The maximum Gasteiger partial charge on any atom is 0.223 e. The van der Waals surface area contributed by atoms with Crippen LogP contribution in [0.1, 0.15) is 32.1 Å². The van der Waals surface area contributed by atoms with Gasteiger partial charge in [-0.3, -0.25) is 4.79 Å². The van der Waals surface area contributed by atoms with Gasteiger partial charge in [0.2, 0.25) is 5.91 Å². The molecule has 0 spiro atoms. The minimum Gasteiger partial charge on any atom is -0.381 e. The summed E-state index contributed by atoms with van der Waals surface area (Å²) in [6.07, 6.45) is 5.11. The van der Waals surface area contributed by atoms with E-state index in [4.69, 9.17) is 4.74 Å². The Kier molecular flexibility index (Phi) is 4.60. The molecule has 2 aliphatic heterocycles. The average molecular weight is 226 g/mol. The monoisotopic (exact) mass is 226 g/mol. The number of carbonyl (C=O) groups is 1. The van der Waals surface area contributed by atoms with Gasteiger partial charge in [0.1, 0.15) is 0 Å². The summed E-state index contributed by atoms with van der Waals surface area (Å²) >= 11 is 0. The lowest BCUT2D eigenvalue weighted by atomic mass is 9.98. The van der Waals surface area contributed by atoms with Crippen molar-refractivity contribution in [2.75, 3.05) is 26.3 Å². The van der Waals surface area contributed by atoms with E-state index < -0.39 is 0 Å². The van der Waals surface area contributed by atoms with Gasteiger partial charge < -0.3 is 15.4 Å². The first-order valence-electron chi connectivity index (χ1n) is 6.45. The third kappa shape index (κ3) is 3.46. The molecule has 2 aliphatic rings. The van der Waals surface area contributed by atoms with Crippen molar-refractivity contribution in [1.82, 2.24) is 10.6 Å².